The molecule has 0 fully saturated rings. The Labute approximate surface area is 140 Å². The van der Waals surface area contributed by atoms with Gasteiger partial charge in [-0.3, -0.25) is 0 Å². The van der Waals surface area contributed by atoms with E-state index >= 15 is 0 Å². The minimum absolute atomic E-state index is 0.285. The van der Waals surface area contributed by atoms with Gasteiger partial charge >= 0.3 is 12.1 Å². The summed E-state index contributed by atoms with van der Waals surface area (Å²) in [6.45, 7) is 1.86. The van der Waals surface area contributed by atoms with E-state index in [-0.39, 0.29) is 6.04 Å². The molecule has 24 heavy (non-hydrogen) atoms. The van der Waals surface area contributed by atoms with E-state index < -0.39 is 12.1 Å². The van der Waals surface area contributed by atoms with Crippen molar-refractivity contribution < 1.29 is 14.3 Å². The summed E-state index contributed by atoms with van der Waals surface area (Å²) < 4.78 is 4.85. The zero-order valence-corrected chi connectivity index (χ0v) is 13.2. The molecule has 0 aliphatic heterocycles. The molecule has 0 aliphatic carbocycles. The zero-order valence-electron chi connectivity index (χ0n) is 13.2. The number of nitrogens with one attached hydrogen (secondary N) is 1. The predicted octanol–water partition coefficient (Wildman–Crippen LogP) is 4.47. The van der Waals surface area contributed by atoms with Crippen molar-refractivity contribution in [2.45, 2.75) is 13.0 Å². The lowest BCUT2D eigenvalue weighted by molar-refractivity contribution is 0.0618. The summed E-state index contributed by atoms with van der Waals surface area (Å²) in [5, 5.41) is 4.86. The van der Waals surface area contributed by atoms with E-state index in [1.54, 1.807) is 30.3 Å². The fraction of sp³-hybridized carbons (Fsp3) is 0.100. The number of esters is 1. The Hall–Kier alpha value is -3.14. The van der Waals surface area contributed by atoms with Crippen LogP contribution >= 0.6 is 0 Å². The highest BCUT2D eigenvalue weighted by Crippen LogP contribution is 2.24. The lowest BCUT2D eigenvalue weighted by Gasteiger charge is -2.16. The highest BCUT2D eigenvalue weighted by atomic mass is 16.6. The van der Waals surface area contributed by atoms with Crippen molar-refractivity contribution in [2.24, 2.45) is 0 Å². The van der Waals surface area contributed by atoms with Gasteiger partial charge in [0.1, 0.15) is 0 Å². The number of amides is 1. The van der Waals surface area contributed by atoms with E-state index in [1.165, 1.54) is 0 Å². The first-order valence-corrected chi connectivity index (χ1v) is 7.70. The van der Waals surface area contributed by atoms with Crippen LogP contribution in [-0.2, 0) is 4.74 Å². The normalized spacial score (nSPS) is 11.7. The summed E-state index contributed by atoms with van der Waals surface area (Å²) in [7, 11) is 0. The van der Waals surface area contributed by atoms with E-state index in [0.29, 0.717) is 5.56 Å². The first kappa shape index (κ1) is 15.7. The fourth-order valence-corrected chi connectivity index (χ4v) is 2.63. The van der Waals surface area contributed by atoms with Crippen molar-refractivity contribution in [2.75, 3.05) is 0 Å². The molecule has 3 aromatic carbocycles. The van der Waals surface area contributed by atoms with E-state index in [1.807, 2.05) is 49.4 Å². The second kappa shape index (κ2) is 6.96. The topological polar surface area (TPSA) is 55.4 Å². The van der Waals surface area contributed by atoms with Gasteiger partial charge in [0, 0.05) is 0 Å². The molecule has 4 nitrogen and oxygen atoms in total. The number of alkyl carbamates (subject to hydrolysis) is 1. The summed E-state index contributed by atoms with van der Waals surface area (Å²) in [4.78, 5) is 23.9. The summed E-state index contributed by atoms with van der Waals surface area (Å²) in [6, 6.07) is 22.0. The number of benzene rings is 3. The van der Waals surface area contributed by atoms with E-state index in [0.717, 1.165) is 16.3 Å². The van der Waals surface area contributed by atoms with E-state index in [4.69, 9.17) is 4.74 Å². The maximum atomic E-state index is 12.0. The molecule has 3 aromatic rings. The monoisotopic (exact) mass is 319 g/mol. The molecule has 0 spiro atoms. The first-order chi connectivity index (χ1) is 11.6. The summed E-state index contributed by atoms with van der Waals surface area (Å²) in [6.07, 6.45) is -0.760. The maximum Gasteiger partial charge on any atom is 0.415 e. The molecule has 0 heterocycles. The number of hydrogen-bond acceptors (Lipinski definition) is 3. The molecule has 1 unspecified atom stereocenters. The molecular formula is C20H17NO3. The molecule has 0 radical (unpaired) electrons. The van der Waals surface area contributed by atoms with E-state index in [2.05, 4.69) is 5.32 Å². The van der Waals surface area contributed by atoms with Gasteiger partial charge in [0.25, 0.3) is 0 Å². The van der Waals surface area contributed by atoms with Crippen molar-refractivity contribution in [3.8, 4) is 0 Å². The number of carbonyl (C=O) groups is 2. The molecule has 0 saturated carbocycles. The van der Waals surface area contributed by atoms with Gasteiger partial charge in [-0.15, -0.1) is 0 Å². The first-order valence-electron chi connectivity index (χ1n) is 7.70. The van der Waals surface area contributed by atoms with Gasteiger partial charge in [0.05, 0.1) is 11.6 Å². The summed E-state index contributed by atoms with van der Waals surface area (Å²) in [5.41, 5.74) is 1.31. The third-order valence-electron chi connectivity index (χ3n) is 3.82. The molecule has 0 bridgehead atoms. The minimum atomic E-state index is -0.760. The lowest BCUT2D eigenvalue weighted by atomic mass is 10.00. The van der Waals surface area contributed by atoms with Crippen LogP contribution in [0.1, 0.15) is 28.9 Å². The second-order valence-electron chi connectivity index (χ2n) is 5.48. The van der Waals surface area contributed by atoms with Gasteiger partial charge in [-0.05, 0) is 35.4 Å². The third-order valence-corrected chi connectivity index (χ3v) is 3.82. The van der Waals surface area contributed by atoms with Crippen LogP contribution in [-0.4, -0.2) is 12.1 Å². The van der Waals surface area contributed by atoms with Crippen molar-refractivity contribution >= 4 is 22.8 Å². The van der Waals surface area contributed by atoms with Gasteiger partial charge in [0.2, 0.25) is 0 Å². The number of hydrogen-bond donors (Lipinski definition) is 1. The number of rotatable bonds is 3. The quantitative estimate of drug-likeness (QED) is 0.572. The van der Waals surface area contributed by atoms with Crippen LogP contribution in [0.3, 0.4) is 0 Å². The van der Waals surface area contributed by atoms with Crippen molar-refractivity contribution in [3.05, 3.63) is 83.9 Å². The van der Waals surface area contributed by atoms with Crippen LogP contribution in [0.5, 0.6) is 0 Å². The van der Waals surface area contributed by atoms with Gasteiger partial charge in [-0.1, -0.05) is 60.7 Å². The Balaban J connectivity index is 1.71. The SMILES string of the molecule is CC(NC(=O)OC(=O)c1ccccc1)c1cccc2ccccc12. The molecule has 0 saturated heterocycles. The molecule has 4 heteroatoms. The Morgan fingerprint density at radius 3 is 2.33 bits per heavy atom. The van der Waals surface area contributed by atoms with Crippen LogP contribution in [0, 0.1) is 0 Å². The standard InChI is InChI=1S/C20H17NO3/c1-14(17-13-7-11-15-8-5-6-12-18(15)17)21-20(23)24-19(22)16-9-3-2-4-10-16/h2-14H,1H3,(H,21,23). The average Bonchev–Trinajstić information content (AvgIpc) is 2.61. The van der Waals surface area contributed by atoms with Gasteiger partial charge in [-0.2, -0.15) is 0 Å². The van der Waals surface area contributed by atoms with E-state index in [9.17, 15) is 9.59 Å². The predicted molar refractivity (Wildman–Crippen MR) is 92.8 cm³/mol. The van der Waals surface area contributed by atoms with Crippen LogP contribution in [0.4, 0.5) is 4.79 Å². The second-order valence-corrected chi connectivity index (χ2v) is 5.48. The molecule has 1 atom stereocenters. The van der Waals surface area contributed by atoms with Crippen LogP contribution < -0.4 is 5.32 Å². The highest BCUT2D eigenvalue weighted by Gasteiger charge is 2.16. The number of ether oxygens (including phenoxy) is 1. The smallest absolute Gasteiger partial charge is 0.373 e. The van der Waals surface area contributed by atoms with Crippen molar-refractivity contribution in [1.29, 1.82) is 0 Å². The highest BCUT2D eigenvalue weighted by molar-refractivity contribution is 5.96. The van der Waals surface area contributed by atoms with Gasteiger partial charge in [-0.25, -0.2) is 9.59 Å². The average molecular weight is 319 g/mol. The maximum absolute atomic E-state index is 12.0. The van der Waals surface area contributed by atoms with Gasteiger partial charge < -0.3 is 10.1 Å². The molecule has 0 aromatic heterocycles. The lowest BCUT2D eigenvalue weighted by Crippen LogP contribution is -2.29. The Morgan fingerprint density at radius 2 is 1.54 bits per heavy atom. The van der Waals surface area contributed by atoms with Crippen LogP contribution in [0.25, 0.3) is 10.8 Å². The Kier molecular flexibility index (Phi) is 4.57. The van der Waals surface area contributed by atoms with Gasteiger partial charge in [0.15, 0.2) is 0 Å². The Bertz CT molecular complexity index is 869. The molecular weight excluding hydrogens is 302 g/mol. The number of fused-ring (bicyclic) bond motifs is 1. The zero-order chi connectivity index (χ0) is 16.9. The Morgan fingerprint density at radius 1 is 0.875 bits per heavy atom. The molecule has 1 N–H and O–H groups in total. The summed E-state index contributed by atoms with van der Waals surface area (Å²) >= 11 is 0. The molecule has 120 valence electrons. The number of carbonyl (C=O) groups excluding carboxylic acids is 2. The molecule has 1 amide bonds. The largest absolute Gasteiger partial charge is 0.415 e. The molecule has 3 rings (SSSR count). The third kappa shape index (κ3) is 3.43. The summed E-state index contributed by atoms with van der Waals surface area (Å²) in [5.74, 6) is -0.668. The van der Waals surface area contributed by atoms with Crippen LogP contribution in [0.2, 0.25) is 0 Å². The fourth-order valence-electron chi connectivity index (χ4n) is 2.63. The van der Waals surface area contributed by atoms with Crippen LogP contribution in [0.15, 0.2) is 72.8 Å². The van der Waals surface area contributed by atoms with Crippen molar-refractivity contribution in [3.63, 3.8) is 0 Å². The minimum Gasteiger partial charge on any atom is -0.373 e. The molecule has 0 aliphatic rings. The van der Waals surface area contributed by atoms with Crippen molar-refractivity contribution in [1.82, 2.24) is 5.32 Å².